The first-order valence-corrected chi connectivity index (χ1v) is 5.74. The summed E-state index contributed by atoms with van der Waals surface area (Å²) in [6.45, 7) is 1.78. The van der Waals surface area contributed by atoms with Crippen molar-refractivity contribution in [2.45, 2.75) is 6.92 Å². The second kappa shape index (κ2) is 6.84. The monoisotopic (exact) mass is 294 g/mol. The van der Waals surface area contributed by atoms with Crippen LogP contribution in [0.2, 0.25) is 0 Å². The zero-order valence-electron chi connectivity index (χ0n) is 11.1. The minimum atomic E-state index is -0.704. The number of esters is 1. The van der Waals surface area contributed by atoms with Crippen LogP contribution in [0.25, 0.3) is 0 Å². The number of ether oxygens (including phenoxy) is 1. The summed E-state index contributed by atoms with van der Waals surface area (Å²) in [7, 11) is 0. The van der Waals surface area contributed by atoms with Crippen molar-refractivity contribution in [2.75, 3.05) is 6.61 Å². The maximum atomic E-state index is 11.5. The fraction of sp³-hybridized carbons (Fsp3) is 0.182. The minimum absolute atomic E-state index is 0.0305. The van der Waals surface area contributed by atoms with Gasteiger partial charge in [-0.2, -0.15) is 4.99 Å². The maximum Gasteiger partial charge on any atom is 0.338 e. The van der Waals surface area contributed by atoms with Crippen molar-refractivity contribution in [3.63, 3.8) is 0 Å². The molecule has 10 nitrogen and oxygen atoms in total. The van der Waals surface area contributed by atoms with Gasteiger partial charge in [-0.15, -0.1) is 0 Å². The van der Waals surface area contributed by atoms with Crippen molar-refractivity contribution < 1.29 is 14.5 Å². The molecule has 10 heteroatoms. The van der Waals surface area contributed by atoms with E-state index in [1.54, 1.807) is 6.92 Å². The molecular formula is C11H14N6O4. The van der Waals surface area contributed by atoms with Gasteiger partial charge >= 0.3 is 5.97 Å². The molecule has 0 unspecified atom stereocenters. The Balaban J connectivity index is 3.26. The highest BCUT2D eigenvalue weighted by Gasteiger charge is 2.18. The molecule has 0 spiro atoms. The highest BCUT2D eigenvalue weighted by Crippen LogP contribution is 2.28. The molecule has 0 fully saturated rings. The van der Waals surface area contributed by atoms with E-state index in [1.165, 1.54) is 12.1 Å². The van der Waals surface area contributed by atoms with Gasteiger partial charge in [0, 0.05) is 6.07 Å². The Morgan fingerprint density at radius 3 is 2.57 bits per heavy atom. The van der Waals surface area contributed by atoms with Crippen LogP contribution in [-0.2, 0) is 4.74 Å². The Morgan fingerprint density at radius 1 is 1.38 bits per heavy atom. The van der Waals surface area contributed by atoms with Crippen LogP contribution in [0.5, 0.6) is 0 Å². The molecule has 0 aromatic heterocycles. The van der Waals surface area contributed by atoms with E-state index in [-0.39, 0.29) is 29.8 Å². The zero-order valence-corrected chi connectivity index (χ0v) is 11.1. The average molecular weight is 294 g/mol. The Bertz CT molecular complexity index is 621. The normalized spacial score (nSPS) is 10.8. The summed E-state index contributed by atoms with van der Waals surface area (Å²) in [4.78, 5) is 29.0. The zero-order chi connectivity index (χ0) is 16.0. The van der Waals surface area contributed by atoms with Crippen molar-refractivity contribution in [1.82, 2.24) is 0 Å². The van der Waals surface area contributed by atoms with Gasteiger partial charge in [-0.3, -0.25) is 10.1 Å². The summed E-state index contributed by atoms with van der Waals surface area (Å²) in [6.07, 6.45) is 0. The summed E-state index contributed by atoms with van der Waals surface area (Å²) in [5, 5.41) is 11.0. The number of benzene rings is 1. The molecule has 0 heterocycles. The smallest absolute Gasteiger partial charge is 0.338 e. The number of nitrogens with two attached hydrogens (primary N) is 3. The molecule has 6 N–H and O–H groups in total. The molecule has 0 atom stereocenters. The first kappa shape index (κ1) is 15.9. The number of hydrogen-bond acceptors (Lipinski definition) is 5. The van der Waals surface area contributed by atoms with Crippen LogP contribution in [-0.4, -0.2) is 29.4 Å². The lowest BCUT2D eigenvalue weighted by atomic mass is 10.2. The van der Waals surface area contributed by atoms with Crippen molar-refractivity contribution >= 4 is 29.3 Å². The SMILES string of the molecule is CCOC(=O)c1ccc(N=C(N)N=C(N)N)c([N+](=O)[O-])c1. The third kappa shape index (κ3) is 4.45. The van der Waals surface area contributed by atoms with Crippen LogP contribution in [0.15, 0.2) is 28.2 Å². The number of rotatable bonds is 4. The van der Waals surface area contributed by atoms with Crippen LogP contribution in [0.3, 0.4) is 0 Å². The van der Waals surface area contributed by atoms with E-state index in [0.29, 0.717) is 0 Å². The first-order valence-electron chi connectivity index (χ1n) is 5.74. The van der Waals surface area contributed by atoms with Gasteiger partial charge in [-0.25, -0.2) is 9.79 Å². The molecule has 0 bridgehead atoms. The number of carbonyl (C=O) groups excluding carboxylic acids is 1. The van der Waals surface area contributed by atoms with Crippen LogP contribution >= 0.6 is 0 Å². The Morgan fingerprint density at radius 2 is 2.05 bits per heavy atom. The van der Waals surface area contributed by atoms with Gasteiger partial charge < -0.3 is 21.9 Å². The Labute approximate surface area is 119 Å². The van der Waals surface area contributed by atoms with Gasteiger partial charge in [0.2, 0.25) is 5.96 Å². The molecule has 0 saturated carbocycles. The largest absolute Gasteiger partial charge is 0.462 e. The molecule has 0 aliphatic heterocycles. The minimum Gasteiger partial charge on any atom is -0.462 e. The molecule has 112 valence electrons. The van der Waals surface area contributed by atoms with Crippen LogP contribution in [0.1, 0.15) is 17.3 Å². The lowest BCUT2D eigenvalue weighted by molar-refractivity contribution is -0.384. The number of nitro groups is 1. The number of nitro benzene ring substituents is 1. The van der Waals surface area contributed by atoms with Gasteiger partial charge in [-0.05, 0) is 19.1 Å². The average Bonchev–Trinajstić information content (AvgIpc) is 2.38. The Kier molecular flexibility index (Phi) is 5.17. The first-order chi connectivity index (χ1) is 9.85. The molecular weight excluding hydrogens is 280 g/mol. The fourth-order valence-electron chi connectivity index (χ4n) is 1.39. The van der Waals surface area contributed by atoms with E-state index in [1.807, 2.05) is 0 Å². The van der Waals surface area contributed by atoms with Crippen LogP contribution in [0, 0.1) is 10.1 Å². The number of hydrogen-bond donors (Lipinski definition) is 3. The summed E-state index contributed by atoms with van der Waals surface area (Å²) >= 11 is 0. The van der Waals surface area contributed by atoms with Crippen LogP contribution < -0.4 is 17.2 Å². The van der Waals surface area contributed by atoms with Crippen molar-refractivity contribution in [1.29, 1.82) is 0 Å². The number of nitrogens with zero attached hydrogens (tertiary/aromatic N) is 3. The van der Waals surface area contributed by atoms with Gasteiger partial charge in [-0.1, -0.05) is 0 Å². The van der Waals surface area contributed by atoms with Crippen molar-refractivity contribution in [3.05, 3.63) is 33.9 Å². The second-order valence-electron chi connectivity index (χ2n) is 3.69. The van der Waals surface area contributed by atoms with Gasteiger partial charge in [0.1, 0.15) is 5.69 Å². The van der Waals surface area contributed by atoms with Crippen molar-refractivity contribution in [2.24, 2.45) is 27.2 Å². The van der Waals surface area contributed by atoms with Crippen molar-refractivity contribution in [3.8, 4) is 0 Å². The summed E-state index contributed by atoms with van der Waals surface area (Å²) < 4.78 is 4.76. The summed E-state index contributed by atoms with van der Waals surface area (Å²) in [6, 6.07) is 3.62. The lowest BCUT2D eigenvalue weighted by Crippen LogP contribution is -2.26. The topological polar surface area (TPSA) is 172 Å². The van der Waals surface area contributed by atoms with Gasteiger partial charge in [0.05, 0.1) is 17.1 Å². The predicted molar refractivity (Wildman–Crippen MR) is 76.1 cm³/mol. The Hall–Kier alpha value is -3.17. The standard InChI is InChI=1S/C11H14N6O4/c1-2-21-9(18)6-3-4-7(8(5-6)17(19)20)15-11(14)16-10(12)13/h3-5H,2H2,1H3,(H6,12,13,14,15,16). The number of aliphatic imine (C=N–C) groups is 2. The molecule has 1 aromatic carbocycles. The van der Waals surface area contributed by atoms with E-state index < -0.39 is 16.6 Å². The molecule has 0 radical (unpaired) electrons. The molecule has 0 amide bonds. The molecule has 1 aromatic rings. The van der Waals surface area contributed by atoms with Gasteiger partial charge in [0.15, 0.2) is 5.96 Å². The third-order valence-corrected chi connectivity index (χ3v) is 2.16. The highest BCUT2D eigenvalue weighted by molar-refractivity contribution is 5.95. The molecule has 0 aliphatic rings. The van der Waals surface area contributed by atoms with E-state index in [4.69, 9.17) is 21.9 Å². The lowest BCUT2D eigenvalue weighted by Gasteiger charge is -2.03. The van der Waals surface area contributed by atoms with Gasteiger partial charge in [0.25, 0.3) is 5.69 Å². The molecule has 0 saturated heterocycles. The highest BCUT2D eigenvalue weighted by atomic mass is 16.6. The number of guanidine groups is 2. The van der Waals surface area contributed by atoms with E-state index in [2.05, 4.69) is 9.98 Å². The molecule has 1 rings (SSSR count). The summed E-state index contributed by atoms with van der Waals surface area (Å²) in [5.41, 5.74) is 15.2. The maximum absolute atomic E-state index is 11.5. The second-order valence-corrected chi connectivity index (χ2v) is 3.69. The third-order valence-electron chi connectivity index (χ3n) is 2.16. The van der Waals surface area contributed by atoms with E-state index in [0.717, 1.165) is 6.07 Å². The van der Waals surface area contributed by atoms with E-state index in [9.17, 15) is 14.9 Å². The van der Waals surface area contributed by atoms with E-state index >= 15 is 0 Å². The quantitative estimate of drug-likeness (QED) is 0.230. The predicted octanol–water partition coefficient (Wildman–Crippen LogP) is -0.00890. The molecule has 21 heavy (non-hydrogen) atoms. The van der Waals surface area contributed by atoms with Crippen LogP contribution in [0.4, 0.5) is 11.4 Å². The summed E-state index contributed by atoms with van der Waals surface area (Å²) in [5.74, 6) is -1.35. The fourth-order valence-corrected chi connectivity index (χ4v) is 1.39. The number of carbonyl (C=O) groups is 1. The molecule has 0 aliphatic carbocycles.